The summed E-state index contributed by atoms with van der Waals surface area (Å²) in [5.74, 6) is 0.368. The summed E-state index contributed by atoms with van der Waals surface area (Å²) < 4.78 is 5.07. The van der Waals surface area contributed by atoms with Gasteiger partial charge in [0, 0.05) is 12.0 Å². The molecule has 0 amide bonds. The Kier molecular flexibility index (Phi) is 4.55. The molecule has 0 N–H and O–H groups in total. The van der Waals surface area contributed by atoms with Crippen molar-refractivity contribution in [1.82, 2.24) is 0 Å². The quantitative estimate of drug-likeness (QED) is 0.549. The molecule has 1 aliphatic heterocycles. The van der Waals surface area contributed by atoms with Crippen LogP contribution in [0.2, 0.25) is 0 Å². The zero-order chi connectivity index (χ0) is 13.1. The van der Waals surface area contributed by atoms with Gasteiger partial charge in [0.15, 0.2) is 0 Å². The van der Waals surface area contributed by atoms with Gasteiger partial charge in [-0.2, -0.15) is 0 Å². The van der Waals surface area contributed by atoms with Crippen molar-refractivity contribution in [2.45, 2.75) is 53.6 Å². The standard InChI is InChI=1S/C15H24O2/c1-11(10-15(3,4)5)7-6-8-13-9-12(2)17-14(13)16/h6-8,11-12H,9-10H2,1-5H3/b7-6+,13-8-/t11?,12-/m1/s1. The van der Waals surface area contributed by atoms with Gasteiger partial charge in [-0.1, -0.05) is 45.9 Å². The van der Waals surface area contributed by atoms with Crippen LogP contribution in [0.25, 0.3) is 0 Å². The molecule has 17 heavy (non-hydrogen) atoms. The van der Waals surface area contributed by atoms with Crippen molar-refractivity contribution in [1.29, 1.82) is 0 Å². The average Bonchev–Trinajstić information content (AvgIpc) is 2.42. The van der Waals surface area contributed by atoms with Crippen molar-refractivity contribution < 1.29 is 9.53 Å². The van der Waals surface area contributed by atoms with Crippen LogP contribution in [0.1, 0.15) is 47.5 Å². The predicted octanol–water partition coefficient (Wildman–Crippen LogP) is 3.88. The molecule has 2 nitrogen and oxygen atoms in total. The second-order valence-electron chi connectivity index (χ2n) is 6.24. The highest BCUT2D eigenvalue weighted by Crippen LogP contribution is 2.25. The van der Waals surface area contributed by atoms with Crippen LogP contribution < -0.4 is 0 Å². The molecular weight excluding hydrogens is 212 g/mol. The summed E-state index contributed by atoms with van der Waals surface area (Å²) in [6.45, 7) is 10.9. The minimum atomic E-state index is -0.161. The molecular formula is C15H24O2. The smallest absolute Gasteiger partial charge is 0.334 e. The normalized spacial score (nSPS) is 25.6. The first-order valence-electron chi connectivity index (χ1n) is 6.36. The van der Waals surface area contributed by atoms with Crippen LogP contribution in [-0.2, 0) is 9.53 Å². The molecule has 2 atom stereocenters. The Morgan fingerprint density at radius 1 is 1.47 bits per heavy atom. The van der Waals surface area contributed by atoms with Gasteiger partial charge in [-0.05, 0) is 24.7 Å². The summed E-state index contributed by atoms with van der Waals surface area (Å²) in [4.78, 5) is 11.4. The molecule has 1 aliphatic rings. The number of carbonyl (C=O) groups is 1. The highest BCUT2D eigenvalue weighted by atomic mass is 16.5. The van der Waals surface area contributed by atoms with E-state index in [1.54, 1.807) is 0 Å². The van der Waals surface area contributed by atoms with Gasteiger partial charge < -0.3 is 4.74 Å². The molecule has 1 fully saturated rings. The minimum Gasteiger partial charge on any atom is -0.459 e. The maximum absolute atomic E-state index is 11.4. The summed E-state index contributed by atoms with van der Waals surface area (Å²) in [6, 6.07) is 0. The number of hydrogen-bond acceptors (Lipinski definition) is 2. The number of esters is 1. The highest BCUT2D eigenvalue weighted by Gasteiger charge is 2.24. The first kappa shape index (κ1) is 14.0. The summed E-state index contributed by atoms with van der Waals surface area (Å²) in [5.41, 5.74) is 1.13. The van der Waals surface area contributed by atoms with Crippen LogP contribution in [0.15, 0.2) is 23.8 Å². The van der Waals surface area contributed by atoms with E-state index in [0.717, 1.165) is 18.4 Å². The molecule has 0 aromatic rings. The molecule has 2 heteroatoms. The molecule has 1 rings (SSSR count). The third-order valence-corrected chi connectivity index (χ3v) is 2.75. The lowest BCUT2D eigenvalue weighted by atomic mass is 9.85. The lowest BCUT2D eigenvalue weighted by Gasteiger charge is -2.20. The van der Waals surface area contributed by atoms with E-state index in [4.69, 9.17) is 4.74 Å². The molecule has 0 bridgehead atoms. The zero-order valence-corrected chi connectivity index (χ0v) is 11.6. The number of cyclic esters (lactones) is 1. The fourth-order valence-electron chi connectivity index (χ4n) is 2.22. The van der Waals surface area contributed by atoms with E-state index >= 15 is 0 Å². The van der Waals surface area contributed by atoms with E-state index in [0.29, 0.717) is 11.3 Å². The molecule has 0 spiro atoms. The maximum Gasteiger partial charge on any atom is 0.334 e. The molecule has 0 aromatic carbocycles. The first-order chi connectivity index (χ1) is 7.78. The van der Waals surface area contributed by atoms with E-state index in [1.165, 1.54) is 0 Å². The Labute approximate surface area is 105 Å². The van der Waals surface area contributed by atoms with Gasteiger partial charge in [-0.15, -0.1) is 0 Å². The van der Waals surface area contributed by atoms with Gasteiger partial charge in [0.25, 0.3) is 0 Å². The molecule has 1 heterocycles. The summed E-state index contributed by atoms with van der Waals surface area (Å²) in [6.07, 6.45) is 7.96. The van der Waals surface area contributed by atoms with Crippen molar-refractivity contribution in [3.8, 4) is 0 Å². The monoisotopic (exact) mass is 236 g/mol. The SMILES string of the molecule is CC(/C=C/C=C1/C[C@@H](C)OC1=O)CC(C)(C)C. The highest BCUT2D eigenvalue weighted by molar-refractivity contribution is 5.90. The number of carbonyl (C=O) groups excluding carboxylic acids is 1. The fourth-order valence-corrected chi connectivity index (χ4v) is 2.22. The van der Waals surface area contributed by atoms with Crippen LogP contribution in [-0.4, -0.2) is 12.1 Å². The Morgan fingerprint density at radius 3 is 2.59 bits per heavy atom. The fraction of sp³-hybridized carbons (Fsp3) is 0.667. The Balaban J connectivity index is 2.49. The van der Waals surface area contributed by atoms with E-state index in [-0.39, 0.29) is 12.1 Å². The minimum absolute atomic E-state index is 0.0362. The number of rotatable bonds is 3. The molecule has 0 radical (unpaired) electrons. The molecule has 0 saturated carbocycles. The summed E-state index contributed by atoms with van der Waals surface area (Å²) >= 11 is 0. The maximum atomic E-state index is 11.4. The van der Waals surface area contributed by atoms with Gasteiger partial charge in [0.1, 0.15) is 6.10 Å². The summed E-state index contributed by atoms with van der Waals surface area (Å²) in [5, 5.41) is 0. The third kappa shape index (κ3) is 5.20. The summed E-state index contributed by atoms with van der Waals surface area (Å²) in [7, 11) is 0. The second kappa shape index (κ2) is 5.52. The molecule has 1 saturated heterocycles. The molecule has 96 valence electrons. The van der Waals surface area contributed by atoms with E-state index in [2.05, 4.69) is 33.8 Å². The third-order valence-electron chi connectivity index (χ3n) is 2.75. The second-order valence-corrected chi connectivity index (χ2v) is 6.24. The Bertz CT molecular complexity index is 331. The van der Waals surface area contributed by atoms with Crippen LogP contribution in [0.3, 0.4) is 0 Å². The van der Waals surface area contributed by atoms with Gasteiger partial charge in [0.05, 0.1) is 0 Å². The number of hydrogen-bond donors (Lipinski definition) is 0. The lowest BCUT2D eigenvalue weighted by molar-refractivity contribution is -0.138. The van der Waals surface area contributed by atoms with Gasteiger partial charge >= 0.3 is 5.97 Å². The number of allylic oxidation sites excluding steroid dienone is 3. The zero-order valence-electron chi connectivity index (χ0n) is 11.6. The Morgan fingerprint density at radius 2 is 2.12 bits per heavy atom. The first-order valence-corrected chi connectivity index (χ1v) is 6.36. The van der Waals surface area contributed by atoms with Crippen molar-refractivity contribution in [2.24, 2.45) is 11.3 Å². The predicted molar refractivity (Wildman–Crippen MR) is 70.6 cm³/mol. The van der Waals surface area contributed by atoms with Crippen molar-refractivity contribution in [3.63, 3.8) is 0 Å². The van der Waals surface area contributed by atoms with Crippen LogP contribution in [0, 0.1) is 11.3 Å². The lowest BCUT2D eigenvalue weighted by Crippen LogP contribution is -2.09. The van der Waals surface area contributed by atoms with Crippen LogP contribution >= 0.6 is 0 Å². The van der Waals surface area contributed by atoms with E-state index in [9.17, 15) is 4.79 Å². The Hall–Kier alpha value is -1.05. The van der Waals surface area contributed by atoms with Crippen LogP contribution in [0.4, 0.5) is 0 Å². The van der Waals surface area contributed by atoms with Gasteiger partial charge in [-0.3, -0.25) is 0 Å². The molecule has 0 aliphatic carbocycles. The van der Waals surface area contributed by atoms with Crippen LogP contribution in [0.5, 0.6) is 0 Å². The topological polar surface area (TPSA) is 26.3 Å². The van der Waals surface area contributed by atoms with Crippen molar-refractivity contribution in [2.75, 3.05) is 0 Å². The van der Waals surface area contributed by atoms with E-state index in [1.807, 2.05) is 19.1 Å². The van der Waals surface area contributed by atoms with Gasteiger partial charge in [0.2, 0.25) is 0 Å². The number of ether oxygens (including phenoxy) is 1. The van der Waals surface area contributed by atoms with E-state index < -0.39 is 0 Å². The average molecular weight is 236 g/mol. The van der Waals surface area contributed by atoms with Crippen molar-refractivity contribution >= 4 is 5.97 Å². The largest absolute Gasteiger partial charge is 0.459 e. The molecule has 1 unspecified atom stereocenters. The molecule has 0 aromatic heterocycles. The van der Waals surface area contributed by atoms with Crippen molar-refractivity contribution in [3.05, 3.63) is 23.8 Å². The van der Waals surface area contributed by atoms with Gasteiger partial charge in [-0.25, -0.2) is 4.79 Å².